The van der Waals surface area contributed by atoms with Crippen molar-refractivity contribution >= 4 is 42.0 Å². The molecule has 0 unspecified atom stereocenters. The molecule has 4 atom stereocenters. The number of piperidine rings is 2. The molecule has 0 aromatic carbocycles. The number of primary sulfonamides is 3. The van der Waals surface area contributed by atoms with E-state index in [1.165, 1.54) is 19.4 Å². The Morgan fingerprint density at radius 3 is 1.41 bits per heavy atom. The van der Waals surface area contributed by atoms with Gasteiger partial charge in [0, 0.05) is 66.5 Å². The van der Waals surface area contributed by atoms with E-state index >= 15 is 0 Å². The number of carbonyl (C=O) groups is 2. The number of pyridine rings is 1. The highest BCUT2D eigenvalue weighted by molar-refractivity contribution is 7.90. The van der Waals surface area contributed by atoms with Crippen molar-refractivity contribution in [3.8, 4) is 5.75 Å². The zero-order chi connectivity index (χ0) is 34.7. The number of carboxylic acid groups (broad SMARTS) is 2. The summed E-state index contributed by atoms with van der Waals surface area (Å²) in [6, 6.07) is 1.31. The Labute approximate surface area is 258 Å². The molecule has 0 saturated carbocycles. The van der Waals surface area contributed by atoms with Gasteiger partial charge in [-0.05, 0) is 12.8 Å². The van der Waals surface area contributed by atoms with Crippen molar-refractivity contribution in [1.29, 1.82) is 0 Å². The van der Waals surface area contributed by atoms with E-state index in [2.05, 4.69) is 15.6 Å². The number of aliphatic carboxylic acids is 2. The molecular formula is C22H44N6O13S3. The van der Waals surface area contributed by atoms with Gasteiger partial charge in [0.1, 0.15) is 10.6 Å². The van der Waals surface area contributed by atoms with E-state index in [0.29, 0.717) is 44.8 Å². The number of sulfonamides is 3. The Hall–Kier alpha value is -2.54. The Balaban J connectivity index is 0. The Morgan fingerprint density at radius 1 is 0.773 bits per heavy atom. The van der Waals surface area contributed by atoms with E-state index in [-0.39, 0.29) is 17.1 Å². The molecule has 0 spiro atoms. The smallest absolute Gasteiger partial charge is 0.300 e. The molecule has 3 rings (SSSR count). The predicted octanol–water partition coefficient (Wildman–Crippen LogP) is -2.78. The first-order chi connectivity index (χ1) is 20.1. The third-order valence-electron chi connectivity index (χ3n) is 5.39. The van der Waals surface area contributed by atoms with Crippen LogP contribution in [-0.2, 0) is 49.1 Å². The fourth-order valence-electron chi connectivity index (χ4n) is 3.26. The van der Waals surface area contributed by atoms with Crippen LogP contribution < -0.4 is 30.8 Å². The second-order valence-electron chi connectivity index (χ2n) is 9.07. The third-order valence-corrected chi connectivity index (χ3v) is 8.84. The van der Waals surface area contributed by atoms with Gasteiger partial charge >= 0.3 is 0 Å². The molecule has 1 aromatic rings. The minimum Gasteiger partial charge on any atom is -0.495 e. The van der Waals surface area contributed by atoms with Gasteiger partial charge in [-0.3, -0.25) is 14.6 Å². The van der Waals surface area contributed by atoms with Crippen LogP contribution in [0.5, 0.6) is 5.75 Å². The normalized spacial score (nSPS) is 21.5. The van der Waals surface area contributed by atoms with Crippen molar-refractivity contribution < 1.29 is 59.3 Å². The molecular weight excluding hydrogens is 652 g/mol. The van der Waals surface area contributed by atoms with Crippen molar-refractivity contribution in [1.82, 2.24) is 15.6 Å². The van der Waals surface area contributed by atoms with Crippen molar-refractivity contribution in [2.24, 2.45) is 15.4 Å². The predicted molar refractivity (Wildman–Crippen MR) is 159 cm³/mol. The second kappa shape index (κ2) is 21.2. The number of methoxy groups -OCH3 is 3. The number of nitrogens with two attached hydrogens (primary N) is 3. The van der Waals surface area contributed by atoms with Gasteiger partial charge < -0.3 is 35.1 Å². The molecule has 0 aliphatic carbocycles. The average molecular weight is 697 g/mol. The second-order valence-corrected chi connectivity index (χ2v) is 14.3. The number of aromatic nitrogens is 1. The lowest BCUT2D eigenvalue weighted by atomic mass is 10.1. The lowest BCUT2D eigenvalue weighted by Crippen LogP contribution is -2.48. The van der Waals surface area contributed by atoms with Crippen LogP contribution in [0.15, 0.2) is 23.4 Å². The Kier molecular flexibility index (Phi) is 21.0. The van der Waals surface area contributed by atoms with Gasteiger partial charge in [0.05, 0.1) is 36.0 Å². The first-order valence-corrected chi connectivity index (χ1v) is 17.3. The van der Waals surface area contributed by atoms with E-state index < -0.39 is 52.5 Å². The van der Waals surface area contributed by atoms with E-state index in [4.69, 9.17) is 49.4 Å². The maximum Gasteiger partial charge on any atom is 0.300 e. The molecule has 0 amide bonds. The van der Waals surface area contributed by atoms with Crippen LogP contribution in [0.1, 0.15) is 26.7 Å². The standard InChI is InChI=1S/2C6H14N2O3S.C6H8N2O3S.2C2H4O2/c3*1-11-5-2-6(4-8-3-5)12(7,9)10;2*1-2(3)4/h2*5-6,8H,2-4H2,1H3,(H2,7,9,10);2-4H,1H3,(H2,7,9,10);2*1H3,(H,3,4)/t2*5-,6+;;;/m10.../s1. The molecule has 19 nitrogen and oxygen atoms in total. The van der Waals surface area contributed by atoms with Crippen LogP contribution in [-0.4, -0.2) is 123 Å². The molecule has 10 N–H and O–H groups in total. The molecule has 2 saturated heterocycles. The third kappa shape index (κ3) is 22.0. The maximum atomic E-state index is 10.9. The van der Waals surface area contributed by atoms with Gasteiger partial charge in [0.25, 0.3) is 11.9 Å². The number of hydrogen-bond donors (Lipinski definition) is 7. The molecule has 1 aromatic heterocycles. The maximum absolute atomic E-state index is 10.9. The summed E-state index contributed by atoms with van der Waals surface area (Å²) < 4.78 is 80.1. The van der Waals surface area contributed by atoms with Gasteiger partial charge in [-0.25, -0.2) is 40.7 Å². The van der Waals surface area contributed by atoms with Crippen molar-refractivity contribution in [3.63, 3.8) is 0 Å². The number of carboxylic acids is 2. The molecule has 22 heteroatoms. The lowest BCUT2D eigenvalue weighted by molar-refractivity contribution is -0.135. The number of nitrogens with zero attached hydrogens (tertiary/aromatic N) is 1. The van der Waals surface area contributed by atoms with E-state index in [9.17, 15) is 25.3 Å². The quantitative estimate of drug-likeness (QED) is 0.158. The van der Waals surface area contributed by atoms with Crippen LogP contribution in [0.25, 0.3) is 0 Å². The molecule has 2 aliphatic heterocycles. The van der Waals surface area contributed by atoms with Gasteiger partial charge in [-0.1, -0.05) is 0 Å². The van der Waals surface area contributed by atoms with Crippen LogP contribution in [0.3, 0.4) is 0 Å². The highest BCUT2D eigenvalue weighted by Gasteiger charge is 2.29. The number of rotatable bonds is 6. The summed E-state index contributed by atoms with van der Waals surface area (Å²) in [6.07, 6.45) is 3.46. The van der Waals surface area contributed by atoms with Crippen LogP contribution >= 0.6 is 0 Å². The first kappa shape index (κ1) is 43.6. The summed E-state index contributed by atoms with van der Waals surface area (Å²) >= 11 is 0. The molecule has 258 valence electrons. The van der Waals surface area contributed by atoms with E-state index in [1.54, 1.807) is 14.2 Å². The Morgan fingerprint density at radius 2 is 1.14 bits per heavy atom. The fourth-order valence-corrected chi connectivity index (χ4v) is 5.41. The number of hydrogen-bond acceptors (Lipinski definition) is 14. The van der Waals surface area contributed by atoms with Gasteiger partial charge in [-0.2, -0.15) is 0 Å². The minimum absolute atomic E-state index is 0.0397. The first-order valence-electron chi connectivity index (χ1n) is 12.5. The lowest BCUT2D eigenvalue weighted by Gasteiger charge is -2.27. The monoisotopic (exact) mass is 696 g/mol. The molecule has 2 fully saturated rings. The average Bonchev–Trinajstić information content (AvgIpc) is 2.92. The van der Waals surface area contributed by atoms with Crippen molar-refractivity contribution in [2.75, 3.05) is 47.5 Å². The minimum atomic E-state index is -3.68. The van der Waals surface area contributed by atoms with Crippen molar-refractivity contribution in [2.45, 2.75) is 54.3 Å². The number of ether oxygens (including phenoxy) is 3. The molecule has 0 radical (unpaired) electrons. The molecule has 3 heterocycles. The zero-order valence-electron chi connectivity index (χ0n) is 25.1. The summed E-state index contributed by atoms with van der Waals surface area (Å²) in [5.74, 6) is -1.30. The van der Waals surface area contributed by atoms with Gasteiger partial charge in [-0.15, -0.1) is 0 Å². The summed E-state index contributed by atoms with van der Waals surface area (Å²) in [6.45, 7) is 4.42. The molecule has 44 heavy (non-hydrogen) atoms. The summed E-state index contributed by atoms with van der Waals surface area (Å²) in [4.78, 5) is 21.6. The molecule has 2 aliphatic rings. The zero-order valence-corrected chi connectivity index (χ0v) is 27.5. The number of nitrogens with one attached hydrogen (secondary N) is 2. The van der Waals surface area contributed by atoms with Gasteiger partial charge in [0.2, 0.25) is 30.1 Å². The summed E-state index contributed by atoms with van der Waals surface area (Å²) in [5, 5.41) is 34.6. The van der Waals surface area contributed by atoms with Crippen LogP contribution in [0.4, 0.5) is 0 Å². The van der Waals surface area contributed by atoms with E-state index in [1.807, 2.05) is 0 Å². The fraction of sp³-hybridized carbons (Fsp3) is 0.682. The highest BCUT2D eigenvalue weighted by atomic mass is 32.2. The highest BCUT2D eigenvalue weighted by Crippen LogP contribution is 2.13. The van der Waals surface area contributed by atoms with Crippen LogP contribution in [0, 0.1) is 0 Å². The Bertz CT molecular complexity index is 1260. The largest absolute Gasteiger partial charge is 0.495 e. The summed E-state index contributed by atoms with van der Waals surface area (Å²) in [5.41, 5.74) is 0. The van der Waals surface area contributed by atoms with Crippen LogP contribution in [0.2, 0.25) is 0 Å². The van der Waals surface area contributed by atoms with E-state index in [0.717, 1.165) is 20.0 Å². The SMILES string of the molecule is CC(=O)O.CC(=O)O.CO[C@@H]1CNC[C@H](S(N)(=O)=O)C1.CO[C@H]1CNC[C@@H](S(N)(=O)=O)C1.COc1cncc(S(N)(=O)=O)c1. The van der Waals surface area contributed by atoms with Gasteiger partial charge in [0.15, 0.2) is 0 Å². The summed E-state index contributed by atoms with van der Waals surface area (Å²) in [7, 11) is -5.95. The van der Waals surface area contributed by atoms with Crippen molar-refractivity contribution in [3.05, 3.63) is 18.5 Å². The topological polar surface area (TPSA) is 320 Å². The molecule has 0 bridgehead atoms.